The zero-order valence-electron chi connectivity index (χ0n) is 8.07. The van der Waals surface area contributed by atoms with Crippen LogP contribution in [0.25, 0.3) is 0 Å². The topological polar surface area (TPSA) is 57.6 Å². The van der Waals surface area contributed by atoms with Gasteiger partial charge in [0.2, 0.25) is 0 Å². The Morgan fingerprint density at radius 2 is 2.27 bits per heavy atom. The summed E-state index contributed by atoms with van der Waals surface area (Å²) in [7, 11) is 1.57. The van der Waals surface area contributed by atoms with Crippen LogP contribution >= 0.6 is 22.9 Å². The number of aliphatic carboxylic acids is 1. The average molecular weight is 248 g/mol. The average Bonchev–Trinajstić information content (AvgIpc) is 2.60. The summed E-state index contributed by atoms with van der Waals surface area (Å²) in [4.78, 5) is 23.9. The minimum absolute atomic E-state index is 0.0542. The lowest BCUT2D eigenvalue weighted by Crippen LogP contribution is -2.28. The van der Waals surface area contributed by atoms with Crippen LogP contribution in [0.2, 0.25) is 5.02 Å². The first kappa shape index (κ1) is 12.0. The quantitative estimate of drug-likeness (QED) is 0.885. The smallest absolute Gasteiger partial charge is 0.305 e. The zero-order valence-corrected chi connectivity index (χ0v) is 9.64. The Morgan fingerprint density at radius 3 is 2.73 bits per heavy atom. The van der Waals surface area contributed by atoms with E-state index in [9.17, 15) is 9.59 Å². The lowest BCUT2D eigenvalue weighted by molar-refractivity contribution is -0.137. The van der Waals surface area contributed by atoms with E-state index < -0.39 is 5.97 Å². The number of carboxylic acids is 1. The number of carbonyl (C=O) groups excluding carboxylic acids is 1. The van der Waals surface area contributed by atoms with Crippen LogP contribution in [-0.2, 0) is 4.79 Å². The van der Waals surface area contributed by atoms with Crippen LogP contribution in [-0.4, -0.2) is 35.5 Å². The van der Waals surface area contributed by atoms with Crippen LogP contribution < -0.4 is 0 Å². The molecule has 6 heteroatoms. The molecule has 1 aromatic heterocycles. The highest BCUT2D eigenvalue weighted by molar-refractivity contribution is 7.12. The Balaban J connectivity index is 2.57. The molecule has 0 aromatic carbocycles. The van der Waals surface area contributed by atoms with Gasteiger partial charge in [-0.1, -0.05) is 11.6 Å². The van der Waals surface area contributed by atoms with Crippen LogP contribution in [0.1, 0.15) is 16.1 Å². The highest BCUT2D eigenvalue weighted by Gasteiger charge is 2.14. The Morgan fingerprint density at radius 1 is 1.60 bits per heavy atom. The van der Waals surface area contributed by atoms with Crippen molar-refractivity contribution >= 4 is 34.8 Å². The van der Waals surface area contributed by atoms with Gasteiger partial charge in [0.1, 0.15) is 0 Å². The van der Waals surface area contributed by atoms with E-state index in [1.54, 1.807) is 18.5 Å². The molecular weight excluding hydrogens is 238 g/mol. The van der Waals surface area contributed by atoms with Gasteiger partial charge in [-0.15, -0.1) is 11.3 Å². The summed E-state index contributed by atoms with van der Waals surface area (Å²) in [5.41, 5.74) is 0. The van der Waals surface area contributed by atoms with Crippen molar-refractivity contribution in [3.05, 3.63) is 21.3 Å². The molecule has 0 aliphatic heterocycles. The van der Waals surface area contributed by atoms with E-state index >= 15 is 0 Å². The molecule has 1 rings (SSSR count). The van der Waals surface area contributed by atoms with Crippen LogP contribution in [0.3, 0.4) is 0 Å². The monoisotopic (exact) mass is 247 g/mol. The molecule has 0 saturated heterocycles. The highest BCUT2D eigenvalue weighted by atomic mass is 35.5. The van der Waals surface area contributed by atoms with Crippen molar-refractivity contribution < 1.29 is 14.7 Å². The molecule has 1 amide bonds. The molecule has 0 fully saturated rings. The summed E-state index contributed by atoms with van der Waals surface area (Å²) in [6, 6.07) is 1.58. The normalized spacial score (nSPS) is 10.0. The number of carboxylic acid groups (broad SMARTS) is 1. The van der Waals surface area contributed by atoms with Crippen molar-refractivity contribution in [3.63, 3.8) is 0 Å². The lowest BCUT2D eigenvalue weighted by Gasteiger charge is -2.14. The molecule has 0 bridgehead atoms. The number of rotatable bonds is 4. The minimum Gasteiger partial charge on any atom is -0.481 e. The van der Waals surface area contributed by atoms with Gasteiger partial charge in [-0.2, -0.15) is 0 Å². The zero-order chi connectivity index (χ0) is 11.4. The molecular formula is C9H10ClNO3S. The number of nitrogens with zero attached hydrogens (tertiary/aromatic N) is 1. The summed E-state index contributed by atoms with van der Waals surface area (Å²) in [6.45, 7) is 0.198. The molecule has 4 nitrogen and oxygen atoms in total. The molecule has 15 heavy (non-hydrogen) atoms. The Bertz CT molecular complexity index is 377. The van der Waals surface area contributed by atoms with Gasteiger partial charge in [0.05, 0.1) is 16.3 Å². The van der Waals surface area contributed by atoms with E-state index in [0.29, 0.717) is 9.90 Å². The molecule has 0 aliphatic rings. The molecule has 0 aliphatic carbocycles. The van der Waals surface area contributed by atoms with Gasteiger partial charge < -0.3 is 10.0 Å². The first-order chi connectivity index (χ1) is 7.00. The maximum atomic E-state index is 11.7. The third kappa shape index (κ3) is 3.53. The van der Waals surface area contributed by atoms with Crippen molar-refractivity contribution in [1.29, 1.82) is 0 Å². The maximum absolute atomic E-state index is 11.7. The minimum atomic E-state index is -0.918. The summed E-state index contributed by atoms with van der Waals surface area (Å²) >= 11 is 6.93. The number of amides is 1. The third-order valence-electron chi connectivity index (χ3n) is 1.79. The van der Waals surface area contributed by atoms with Gasteiger partial charge in [-0.25, -0.2) is 0 Å². The molecule has 1 heterocycles. The van der Waals surface area contributed by atoms with Crippen molar-refractivity contribution in [2.24, 2.45) is 0 Å². The predicted octanol–water partition coefficient (Wildman–Crippen LogP) is 1.95. The summed E-state index contributed by atoms with van der Waals surface area (Å²) in [5, 5.41) is 10.7. The first-order valence-corrected chi connectivity index (χ1v) is 5.47. The second kappa shape index (κ2) is 5.14. The summed E-state index contributed by atoms with van der Waals surface area (Å²) in [6.07, 6.45) is -0.0542. The van der Waals surface area contributed by atoms with E-state index in [0.717, 1.165) is 0 Å². The first-order valence-electron chi connectivity index (χ1n) is 4.22. The molecule has 0 radical (unpaired) electrons. The van der Waals surface area contributed by atoms with E-state index in [4.69, 9.17) is 16.7 Å². The molecule has 1 aromatic rings. The standard InChI is InChI=1S/C9H10ClNO3S/c1-11(3-2-8(12)13)9(14)7-4-6(10)5-15-7/h4-5H,2-3H2,1H3,(H,12,13). The Kier molecular flexibility index (Phi) is 4.11. The van der Waals surface area contributed by atoms with E-state index in [1.165, 1.54) is 16.2 Å². The van der Waals surface area contributed by atoms with Crippen molar-refractivity contribution in [3.8, 4) is 0 Å². The Labute approximate surface area is 96.1 Å². The van der Waals surface area contributed by atoms with Crippen molar-refractivity contribution in [2.75, 3.05) is 13.6 Å². The van der Waals surface area contributed by atoms with Gasteiger partial charge in [-0.05, 0) is 6.07 Å². The highest BCUT2D eigenvalue weighted by Crippen LogP contribution is 2.20. The van der Waals surface area contributed by atoms with Crippen LogP contribution in [0.4, 0.5) is 0 Å². The second-order valence-electron chi connectivity index (χ2n) is 3.00. The maximum Gasteiger partial charge on any atom is 0.305 e. The largest absolute Gasteiger partial charge is 0.481 e. The van der Waals surface area contributed by atoms with E-state index in [1.807, 2.05) is 0 Å². The number of carbonyl (C=O) groups is 2. The molecule has 0 spiro atoms. The fourth-order valence-corrected chi connectivity index (χ4v) is 2.04. The SMILES string of the molecule is CN(CCC(=O)O)C(=O)c1cc(Cl)cs1. The van der Waals surface area contributed by atoms with E-state index in [2.05, 4.69) is 0 Å². The number of hydrogen-bond acceptors (Lipinski definition) is 3. The molecule has 0 atom stereocenters. The van der Waals surface area contributed by atoms with Gasteiger partial charge >= 0.3 is 5.97 Å². The lowest BCUT2D eigenvalue weighted by atomic mass is 10.3. The predicted molar refractivity (Wildman–Crippen MR) is 58.5 cm³/mol. The van der Waals surface area contributed by atoms with Crippen molar-refractivity contribution in [2.45, 2.75) is 6.42 Å². The fourth-order valence-electron chi connectivity index (χ4n) is 0.978. The van der Waals surface area contributed by atoms with Crippen LogP contribution in [0.15, 0.2) is 11.4 Å². The van der Waals surface area contributed by atoms with Crippen LogP contribution in [0, 0.1) is 0 Å². The number of thiophene rings is 1. The number of halogens is 1. The van der Waals surface area contributed by atoms with Gasteiger partial charge in [-0.3, -0.25) is 9.59 Å². The molecule has 1 N–H and O–H groups in total. The molecule has 0 unspecified atom stereocenters. The Hall–Kier alpha value is -1.07. The van der Waals surface area contributed by atoms with Gasteiger partial charge in [0.15, 0.2) is 0 Å². The second-order valence-corrected chi connectivity index (χ2v) is 4.35. The molecule has 82 valence electrons. The van der Waals surface area contributed by atoms with E-state index in [-0.39, 0.29) is 18.9 Å². The summed E-state index contributed by atoms with van der Waals surface area (Å²) < 4.78 is 0. The fraction of sp³-hybridized carbons (Fsp3) is 0.333. The number of hydrogen-bond donors (Lipinski definition) is 1. The van der Waals surface area contributed by atoms with Gasteiger partial charge in [0.25, 0.3) is 5.91 Å². The van der Waals surface area contributed by atoms with Crippen molar-refractivity contribution in [1.82, 2.24) is 4.90 Å². The summed E-state index contributed by atoms with van der Waals surface area (Å²) in [5.74, 6) is -1.12. The van der Waals surface area contributed by atoms with Gasteiger partial charge in [0, 0.05) is 19.0 Å². The van der Waals surface area contributed by atoms with Crippen LogP contribution in [0.5, 0.6) is 0 Å². The third-order valence-corrected chi connectivity index (χ3v) is 3.05. The molecule has 0 saturated carbocycles.